The molecule has 2 rings (SSSR count). The molecule has 0 saturated carbocycles. The van der Waals surface area contributed by atoms with Gasteiger partial charge in [0.15, 0.2) is 0 Å². The van der Waals surface area contributed by atoms with E-state index in [-0.39, 0.29) is 23.2 Å². The van der Waals surface area contributed by atoms with Crippen molar-refractivity contribution in [2.45, 2.75) is 20.4 Å². The summed E-state index contributed by atoms with van der Waals surface area (Å²) in [5.41, 5.74) is 2.31. The van der Waals surface area contributed by atoms with Crippen LogP contribution in [0.2, 0.25) is 0 Å². The fraction of sp³-hybridized carbons (Fsp3) is 0.250. The highest BCUT2D eigenvalue weighted by molar-refractivity contribution is 5.93. The van der Waals surface area contributed by atoms with Gasteiger partial charge in [-0.25, -0.2) is 10.5 Å². The summed E-state index contributed by atoms with van der Waals surface area (Å²) in [7, 11) is 0. The number of hydrogen-bond donors (Lipinski definition) is 3. The van der Waals surface area contributed by atoms with Crippen LogP contribution in [0.15, 0.2) is 26.3 Å². The van der Waals surface area contributed by atoms with Gasteiger partial charge in [-0.05, 0) is 19.9 Å². The zero-order chi connectivity index (χ0) is 14.9. The summed E-state index contributed by atoms with van der Waals surface area (Å²) in [5.74, 6) is 4.85. The molecule has 0 radical (unpaired) electrons. The zero-order valence-corrected chi connectivity index (χ0v) is 11.0. The second kappa shape index (κ2) is 5.17. The molecule has 0 unspecified atom stereocenters. The standard InChI is InChI=1S/C12H14N4O4/c1-6-7(2)12(19)16(15-10(6)17)4-9-3-8(5-20-9)11(18)14-13/h3,5H,4,13H2,1-2H3,(H,14,18)(H,15,17). The quantitative estimate of drug-likeness (QED) is 0.393. The van der Waals surface area contributed by atoms with Crippen molar-refractivity contribution >= 4 is 5.91 Å². The van der Waals surface area contributed by atoms with E-state index in [4.69, 9.17) is 10.3 Å². The monoisotopic (exact) mass is 278 g/mol. The molecule has 0 bridgehead atoms. The predicted octanol–water partition coefficient (Wildman–Crippen LogP) is -0.602. The van der Waals surface area contributed by atoms with Gasteiger partial charge in [-0.15, -0.1) is 0 Å². The fourth-order valence-corrected chi connectivity index (χ4v) is 1.72. The summed E-state index contributed by atoms with van der Waals surface area (Å²) in [6.45, 7) is 3.18. The van der Waals surface area contributed by atoms with Crippen LogP contribution in [-0.4, -0.2) is 15.7 Å². The molecule has 0 aliphatic rings. The maximum Gasteiger partial charge on any atom is 0.268 e. The molecule has 8 heteroatoms. The first-order valence-corrected chi connectivity index (χ1v) is 5.82. The van der Waals surface area contributed by atoms with Crippen molar-refractivity contribution in [2.24, 2.45) is 5.84 Å². The van der Waals surface area contributed by atoms with Gasteiger partial charge in [-0.1, -0.05) is 0 Å². The Kier molecular flexibility index (Phi) is 3.57. The Morgan fingerprint density at radius 3 is 2.75 bits per heavy atom. The minimum absolute atomic E-state index is 0.0209. The molecule has 106 valence electrons. The highest BCUT2D eigenvalue weighted by Gasteiger charge is 2.12. The highest BCUT2D eigenvalue weighted by atomic mass is 16.3. The van der Waals surface area contributed by atoms with Crippen molar-refractivity contribution < 1.29 is 9.21 Å². The van der Waals surface area contributed by atoms with E-state index in [2.05, 4.69) is 5.10 Å². The van der Waals surface area contributed by atoms with Crippen LogP contribution in [0.3, 0.4) is 0 Å². The van der Waals surface area contributed by atoms with E-state index < -0.39 is 5.91 Å². The second-order valence-electron chi connectivity index (χ2n) is 4.36. The lowest BCUT2D eigenvalue weighted by Gasteiger charge is -2.06. The smallest absolute Gasteiger partial charge is 0.268 e. The lowest BCUT2D eigenvalue weighted by Crippen LogP contribution is -2.33. The van der Waals surface area contributed by atoms with E-state index >= 15 is 0 Å². The summed E-state index contributed by atoms with van der Waals surface area (Å²) < 4.78 is 6.29. The van der Waals surface area contributed by atoms with Crippen molar-refractivity contribution in [2.75, 3.05) is 0 Å². The predicted molar refractivity (Wildman–Crippen MR) is 70.3 cm³/mol. The molecule has 20 heavy (non-hydrogen) atoms. The van der Waals surface area contributed by atoms with E-state index in [9.17, 15) is 14.4 Å². The van der Waals surface area contributed by atoms with E-state index in [1.807, 2.05) is 5.43 Å². The second-order valence-corrected chi connectivity index (χ2v) is 4.36. The van der Waals surface area contributed by atoms with Crippen LogP contribution in [-0.2, 0) is 6.54 Å². The normalized spacial score (nSPS) is 10.6. The van der Waals surface area contributed by atoms with E-state index in [1.165, 1.54) is 12.3 Å². The van der Waals surface area contributed by atoms with Gasteiger partial charge in [0.2, 0.25) is 0 Å². The summed E-state index contributed by atoms with van der Waals surface area (Å²) in [6.07, 6.45) is 1.22. The molecule has 2 aromatic heterocycles. The van der Waals surface area contributed by atoms with Crippen LogP contribution in [0.5, 0.6) is 0 Å². The summed E-state index contributed by atoms with van der Waals surface area (Å²) >= 11 is 0. The number of carbonyl (C=O) groups excluding carboxylic acids is 1. The number of amides is 1. The molecule has 2 aromatic rings. The molecule has 4 N–H and O–H groups in total. The SMILES string of the molecule is Cc1c(C)c(=O)n(Cc2cc(C(=O)NN)co2)[nH]c1=O. The number of aromatic nitrogens is 2. The topological polar surface area (TPSA) is 123 Å². The van der Waals surface area contributed by atoms with Gasteiger partial charge < -0.3 is 4.42 Å². The lowest BCUT2D eigenvalue weighted by molar-refractivity contribution is 0.0953. The molecule has 2 heterocycles. The number of rotatable bonds is 3. The summed E-state index contributed by atoms with van der Waals surface area (Å²) in [4.78, 5) is 34.9. The van der Waals surface area contributed by atoms with Crippen LogP contribution < -0.4 is 22.4 Å². The van der Waals surface area contributed by atoms with E-state index in [0.717, 1.165) is 4.68 Å². The van der Waals surface area contributed by atoms with Gasteiger partial charge in [-0.3, -0.25) is 24.9 Å². The molecule has 1 amide bonds. The van der Waals surface area contributed by atoms with Crippen LogP contribution in [0.25, 0.3) is 0 Å². The third kappa shape index (κ3) is 2.41. The van der Waals surface area contributed by atoms with Crippen LogP contribution >= 0.6 is 0 Å². The third-order valence-corrected chi connectivity index (χ3v) is 3.07. The molecule has 0 fully saturated rings. The molecule has 0 spiro atoms. The number of H-pyrrole nitrogens is 1. The number of nitrogens with two attached hydrogens (primary N) is 1. The maximum absolute atomic E-state index is 12.0. The summed E-state index contributed by atoms with van der Waals surface area (Å²) in [6, 6.07) is 1.45. The van der Waals surface area contributed by atoms with Crippen molar-refractivity contribution in [1.82, 2.24) is 15.2 Å². The van der Waals surface area contributed by atoms with Gasteiger partial charge in [-0.2, -0.15) is 0 Å². The van der Waals surface area contributed by atoms with Crippen LogP contribution in [0.1, 0.15) is 27.2 Å². The van der Waals surface area contributed by atoms with Crippen molar-refractivity contribution in [3.8, 4) is 0 Å². The first-order valence-electron chi connectivity index (χ1n) is 5.82. The molecule has 0 aliphatic carbocycles. The first kappa shape index (κ1) is 13.8. The van der Waals surface area contributed by atoms with E-state index in [0.29, 0.717) is 16.9 Å². The van der Waals surface area contributed by atoms with Crippen LogP contribution in [0.4, 0.5) is 0 Å². The lowest BCUT2D eigenvalue weighted by atomic mass is 10.2. The number of aromatic amines is 1. The van der Waals surface area contributed by atoms with Crippen molar-refractivity contribution in [1.29, 1.82) is 0 Å². The van der Waals surface area contributed by atoms with Gasteiger partial charge in [0, 0.05) is 11.1 Å². The van der Waals surface area contributed by atoms with Gasteiger partial charge >= 0.3 is 0 Å². The number of hydrogen-bond acceptors (Lipinski definition) is 5. The number of nitrogens with zero attached hydrogens (tertiary/aromatic N) is 1. The molecule has 8 nitrogen and oxygen atoms in total. The van der Waals surface area contributed by atoms with E-state index in [1.54, 1.807) is 13.8 Å². The molecule has 0 atom stereocenters. The number of nitrogens with one attached hydrogen (secondary N) is 2. The average Bonchev–Trinajstić information content (AvgIpc) is 2.90. The third-order valence-electron chi connectivity index (χ3n) is 3.07. The first-order chi connectivity index (χ1) is 9.43. The minimum atomic E-state index is -0.499. The van der Waals surface area contributed by atoms with Gasteiger partial charge in [0.1, 0.15) is 18.6 Å². The Hall–Kier alpha value is -2.61. The Labute approximate surface area is 113 Å². The highest BCUT2D eigenvalue weighted by Crippen LogP contribution is 2.08. The van der Waals surface area contributed by atoms with Gasteiger partial charge in [0.05, 0.1) is 5.56 Å². The number of nitrogen functional groups attached to an aromatic ring is 1. The average molecular weight is 278 g/mol. The molecule has 0 aliphatic heterocycles. The molecule has 0 aromatic carbocycles. The van der Waals surface area contributed by atoms with Crippen LogP contribution in [0, 0.1) is 13.8 Å². The molecular weight excluding hydrogens is 264 g/mol. The minimum Gasteiger partial charge on any atom is -0.467 e. The molecule has 0 saturated heterocycles. The van der Waals surface area contributed by atoms with Crippen molar-refractivity contribution in [3.63, 3.8) is 0 Å². The Bertz CT molecular complexity index is 768. The Morgan fingerprint density at radius 2 is 2.10 bits per heavy atom. The zero-order valence-electron chi connectivity index (χ0n) is 11.0. The Morgan fingerprint density at radius 1 is 1.40 bits per heavy atom. The number of hydrazine groups is 1. The number of carbonyl (C=O) groups is 1. The maximum atomic E-state index is 12.0. The number of furan rings is 1. The van der Waals surface area contributed by atoms with Gasteiger partial charge in [0.25, 0.3) is 17.0 Å². The largest absolute Gasteiger partial charge is 0.467 e. The molecular formula is C12H14N4O4. The Balaban J connectivity index is 2.36. The van der Waals surface area contributed by atoms with Crippen molar-refractivity contribution in [3.05, 3.63) is 55.5 Å². The fourth-order valence-electron chi connectivity index (χ4n) is 1.72. The summed E-state index contributed by atoms with van der Waals surface area (Å²) in [5, 5.41) is 2.45.